The number of benzene rings is 2. The molecule has 4 rings (SSSR count). The zero-order chi connectivity index (χ0) is 19.8. The molecule has 2 heterocycles. The molecule has 7 heteroatoms. The van der Waals surface area contributed by atoms with Gasteiger partial charge in [-0.1, -0.05) is 29.8 Å². The summed E-state index contributed by atoms with van der Waals surface area (Å²) in [6, 6.07) is 11.6. The molecule has 6 nitrogen and oxygen atoms in total. The van der Waals surface area contributed by atoms with Gasteiger partial charge in [-0.3, -0.25) is 9.78 Å². The molecule has 1 N–H and O–H groups in total. The van der Waals surface area contributed by atoms with Gasteiger partial charge in [0.25, 0.3) is 5.56 Å². The van der Waals surface area contributed by atoms with E-state index in [1.165, 1.54) is 5.56 Å². The quantitative estimate of drug-likeness (QED) is 0.537. The van der Waals surface area contributed by atoms with Crippen molar-refractivity contribution in [2.24, 2.45) is 0 Å². The van der Waals surface area contributed by atoms with E-state index in [-0.39, 0.29) is 5.69 Å². The number of nitrogens with zero attached hydrogens (tertiary/aromatic N) is 3. The first kappa shape index (κ1) is 18.4. The average molecular weight is 395 g/mol. The number of nitrogens with one attached hydrogen (secondary N) is 1. The Morgan fingerprint density at radius 1 is 1.04 bits per heavy atom. The highest BCUT2D eigenvalue weighted by Gasteiger charge is 2.19. The van der Waals surface area contributed by atoms with Gasteiger partial charge in [-0.25, -0.2) is 9.78 Å². The molecule has 2 aliphatic heterocycles. The Labute approximate surface area is 166 Å². The van der Waals surface area contributed by atoms with Crippen LogP contribution in [0.4, 0.5) is 0 Å². The number of H-pyrrole nitrogens is 1. The molecule has 0 aromatic heterocycles. The summed E-state index contributed by atoms with van der Waals surface area (Å²) in [5.41, 5.74) is 3.99. The predicted octanol–water partition coefficient (Wildman–Crippen LogP) is 3.49. The molecule has 28 heavy (non-hydrogen) atoms. The first-order valence-corrected chi connectivity index (χ1v) is 9.47. The molecule has 0 saturated heterocycles. The highest BCUT2D eigenvalue weighted by atomic mass is 35.5. The van der Waals surface area contributed by atoms with Crippen LogP contribution in [0.5, 0.6) is 0 Å². The average Bonchev–Trinajstić information content (AvgIpc) is 2.66. The fourth-order valence-electron chi connectivity index (χ4n) is 3.48. The van der Waals surface area contributed by atoms with Crippen molar-refractivity contribution in [3.05, 3.63) is 78.9 Å². The van der Waals surface area contributed by atoms with Gasteiger partial charge < -0.3 is 4.57 Å². The Hall–Kier alpha value is -2.99. The first-order valence-electron chi connectivity index (χ1n) is 9.09. The van der Waals surface area contributed by atoms with Gasteiger partial charge in [0.1, 0.15) is 0 Å². The summed E-state index contributed by atoms with van der Waals surface area (Å²) in [5, 5.41) is 0.710. The Bertz CT molecular complexity index is 1260. The predicted molar refractivity (Wildman–Crippen MR) is 110 cm³/mol. The van der Waals surface area contributed by atoms with Crippen molar-refractivity contribution in [1.82, 2.24) is 19.5 Å². The van der Waals surface area contributed by atoms with E-state index in [1.807, 2.05) is 54.8 Å². The standard InChI is InChI=1S/C21H19ClN4O2/c1-12-5-10-16-18(13(12)2)26(11-3-4-14-6-8-15(22)9-7-14)19-17(23-16)20(27)25-21(28)24-19/h5-10H,3-4,11H2,1-2H3,(H,25,27,28). The van der Waals surface area contributed by atoms with Crippen molar-refractivity contribution in [3.8, 4) is 11.5 Å². The fourth-order valence-corrected chi connectivity index (χ4v) is 3.60. The number of rotatable bonds is 4. The van der Waals surface area contributed by atoms with E-state index < -0.39 is 11.2 Å². The lowest BCUT2D eigenvalue weighted by atomic mass is 10.1. The van der Waals surface area contributed by atoms with E-state index in [0.717, 1.165) is 29.5 Å². The van der Waals surface area contributed by atoms with Crippen LogP contribution >= 0.6 is 11.6 Å². The molecule has 0 radical (unpaired) electrons. The summed E-state index contributed by atoms with van der Waals surface area (Å²) >= 11 is 5.95. The van der Waals surface area contributed by atoms with Crippen molar-refractivity contribution in [2.45, 2.75) is 33.2 Å². The number of hydrogen-bond donors (Lipinski definition) is 1. The monoisotopic (exact) mass is 394 g/mol. The molecule has 2 aromatic carbocycles. The number of aryl methyl sites for hydroxylation is 4. The third-order valence-corrected chi connectivity index (χ3v) is 5.31. The molecule has 0 spiro atoms. The highest BCUT2D eigenvalue weighted by molar-refractivity contribution is 6.30. The molecule has 0 aliphatic carbocycles. The lowest BCUT2D eigenvalue weighted by Gasteiger charge is -2.19. The molecule has 0 fully saturated rings. The highest BCUT2D eigenvalue weighted by Crippen LogP contribution is 2.26. The zero-order valence-electron chi connectivity index (χ0n) is 15.6. The number of aromatic nitrogens is 4. The van der Waals surface area contributed by atoms with Crippen LogP contribution in [0.3, 0.4) is 0 Å². The molecule has 0 amide bonds. The Balaban J connectivity index is 1.83. The summed E-state index contributed by atoms with van der Waals surface area (Å²) in [7, 11) is 0. The summed E-state index contributed by atoms with van der Waals surface area (Å²) in [6.07, 6.45) is 1.66. The summed E-state index contributed by atoms with van der Waals surface area (Å²) in [4.78, 5) is 34.9. The van der Waals surface area contributed by atoms with Gasteiger partial charge in [0, 0.05) is 11.6 Å². The van der Waals surface area contributed by atoms with Crippen molar-refractivity contribution in [2.75, 3.05) is 0 Å². The van der Waals surface area contributed by atoms with Crippen molar-refractivity contribution >= 4 is 22.6 Å². The second-order valence-corrected chi connectivity index (χ2v) is 7.35. The molecular formula is C21H19ClN4O2. The van der Waals surface area contributed by atoms with E-state index in [2.05, 4.69) is 15.0 Å². The van der Waals surface area contributed by atoms with Crippen LogP contribution in [0.25, 0.3) is 22.6 Å². The van der Waals surface area contributed by atoms with Gasteiger partial charge in [0.2, 0.25) is 0 Å². The maximum absolute atomic E-state index is 12.3. The second-order valence-electron chi connectivity index (χ2n) is 6.91. The largest absolute Gasteiger partial charge is 0.349 e. The minimum atomic E-state index is -0.657. The van der Waals surface area contributed by atoms with Gasteiger partial charge >= 0.3 is 5.69 Å². The molecule has 2 aromatic rings. The van der Waals surface area contributed by atoms with Gasteiger partial charge in [-0.2, -0.15) is 4.98 Å². The molecular weight excluding hydrogens is 376 g/mol. The molecule has 2 aliphatic rings. The van der Waals surface area contributed by atoms with Crippen LogP contribution in [0.15, 0.2) is 46.0 Å². The maximum Gasteiger partial charge on any atom is 0.349 e. The lowest BCUT2D eigenvalue weighted by Crippen LogP contribution is -2.29. The number of hydrogen-bond acceptors (Lipinski definition) is 4. The summed E-state index contributed by atoms with van der Waals surface area (Å²) < 4.78 is 1.95. The van der Waals surface area contributed by atoms with Gasteiger partial charge in [-0.15, -0.1) is 0 Å². The number of aromatic amines is 1. The number of halogens is 1. The molecule has 0 saturated carbocycles. The topological polar surface area (TPSA) is 80.6 Å². The summed E-state index contributed by atoms with van der Waals surface area (Å²) in [5.74, 6) is 0.325. The molecule has 0 unspecified atom stereocenters. The van der Waals surface area contributed by atoms with Crippen LogP contribution in [-0.4, -0.2) is 19.5 Å². The molecule has 0 bridgehead atoms. The van der Waals surface area contributed by atoms with Crippen LogP contribution < -0.4 is 11.2 Å². The normalized spacial score (nSPS) is 11.4. The van der Waals surface area contributed by atoms with E-state index in [0.29, 0.717) is 22.9 Å². The summed E-state index contributed by atoms with van der Waals surface area (Å²) in [6.45, 7) is 4.66. The van der Waals surface area contributed by atoms with E-state index >= 15 is 0 Å². The zero-order valence-corrected chi connectivity index (χ0v) is 16.4. The van der Waals surface area contributed by atoms with Crippen LogP contribution in [0.2, 0.25) is 5.02 Å². The van der Waals surface area contributed by atoms with Crippen molar-refractivity contribution in [1.29, 1.82) is 0 Å². The lowest BCUT2D eigenvalue weighted by molar-refractivity contribution is 0.647. The SMILES string of the molecule is Cc1ccc2nc3c(=O)[nH]c(=O)nc-3n(CCCc3ccc(Cl)cc3)c2c1C. The third kappa shape index (κ3) is 3.31. The minimum absolute atomic E-state index is 0.182. The maximum atomic E-state index is 12.3. The van der Waals surface area contributed by atoms with Gasteiger partial charge in [0.15, 0.2) is 11.5 Å². The van der Waals surface area contributed by atoms with Crippen LogP contribution in [0, 0.1) is 13.8 Å². The van der Waals surface area contributed by atoms with Crippen molar-refractivity contribution in [3.63, 3.8) is 0 Å². The Kier molecular flexibility index (Phi) is 4.73. The van der Waals surface area contributed by atoms with E-state index in [4.69, 9.17) is 11.6 Å². The Morgan fingerprint density at radius 3 is 2.54 bits per heavy atom. The van der Waals surface area contributed by atoms with Crippen LogP contribution in [-0.2, 0) is 13.0 Å². The van der Waals surface area contributed by atoms with Crippen LogP contribution in [0.1, 0.15) is 23.1 Å². The van der Waals surface area contributed by atoms with Crippen molar-refractivity contribution < 1.29 is 0 Å². The third-order valence-electron chi connectivity index (χ3n) is 5.05. The van der Waals surface area contributed by atoms with Gasteiger partial charge in [-0.05, 0) is 61.6 Å². The fraction of sp³-hybridized carbons (Fsp3) is 0.238. The number of fused-ring (bicyclic) bond motifs is 2. The second kappa shape index (κ2) is 7.20. The molecule has 0 atom stereocenters. The smallest absolute Gasteiger partial charge is 0.322 e. The van der Waals surface area contributed by atoms with E-state index in [9.17, 15) is 9.59 Å². The minimum Gasteiger partial charge on any atom is -0.322 e. The van der Waals surface area contributed by atoms with Gasteiger partial charge in [0.05, 0.1) is 11.0 Å². The Morgan fingerprint density at radius 2 is 1.79 bits per heavy atom. The molecule has 142 valence electrons. The van der Waals surface area contributed by atoms with E-state index in [1.54, 1.807) is 0 Å². The first-order chi connectivity index (χ1) is 13.4.